The number of hydrogen-bond acceptors (Lipinski definition) is 4. The predicted octanol–water partition coefficient (Wildman–Crippen LogP) is 1.61. The van der Waals surface area contributed by atoms with Crippen LogP contribution in [0.5, 0.6) is 0 Å². The third-order valence-electron chi connectivity index (χ3n) is 3.16. The number of hydrogen-bond donors (Lipinski definition) is 1. The van der Waals surface area contributed by atoms with Gasteiger partial charge in [0.05, 0.1) is 11.2 Å². The SMILES string of the molecule is Cn1cc(CC(N)c2ccnc3ccccc23)nn1. The van der Waals surface area contributed by atoms with Crippen molar-refractivity contribution in [1.29, 1.82) is 0 Å². The number of rotatable bonds is 3. The number of aromatic nitrogens is 4. The number of nitrogens with two attached hydrogens (primary N) is 1. The molecule has 1 atom stereocenters. The van der Waals surface area contributed by atoms with E-state index in [4.69, 9.17) is 5.73 Å². The maximum Gasteiger partial charge on any atom is 0.0845 e. The lowest BCUT2D eigenvalue weighted by atomic mass is 9.99. The lowest BCUT2D eigenvalue weighted by Crippen LogP contribution is -2.14. The lowest BCUT2D eigenvalue weighted by Gasteiger charge is -2.12. The largest absolute Gasteiger partial charge is 0.324 e. The fourth-order valence-corrected chi connectivity index (χ4v) is 2.27. The first-order valence-electron chi connectivity index (χ1n) is 6.18. The molecule has 0 amide bonds. The van der Waals surface area contributed by atoms with Crippen LogP contribution >= 0.6 is 0 Å². The van der Waals surface area contributed by atoms with Crippen LogP contribution in [0.15, 0.2) is 42.7 Å². The highest BCUT2D eigenvalue weighted by molar-refractivity contribution is 5.82. The van der Waals surface area contributed by atoms with Crippen LogP contribution in [0.25, 0.3) is 10.9 Å². The number of para-hydroxylation sites is 1. The van der Waals surface area contributed by atoms with Gasteiger partial charge in [-0.25, -0.2) is 0 Å². The second kappa shape index (κ2) is 4.78. The fraction of sp³-hybridized carbons (Fsp3) is 0.214. The van der Waals surface area contributed by atoms with Crippen LogP contribution in [0, 0.1) is 0 Å². The number of nitrogens with zero attached hydrogens (tertiary/aromatic N) is 4. The summed E-state index contributed by atoms with van der Waals surface area (Å²) in [6.07, 6.45) is 4.36. The minimum atomic E-state index is -0.107. The summed E-state index contributed by atoms with van der Waals surface area (Å²) in [5.41, 5.74) is 9.26. The van der Waals surface area contributed by atoms with Crippen molar-refractivity contribution in [2.45, 2.75) is 12.5 Å². The minimum absolute atomic E-state index is 0.107. The maximum absolute atomic E-state index is 6.30. The summed E-state index contributed by atoms with van der Waals surface area (Å²) in [5, 5.41) is 9.10. The minimum Gasteiger partial charge on any atom is -0.324 e. The van der Waals surface area contributed by atoms with E-state index in [1.54, 1.807) is 10.9 Å². The van der Waals surface area contributed by atoms with Crippen LogP contribution in [-0.4, -0.2) is 20.0 Å². The van der Waals surface area contributed by atoms with E-state index < -0.39 is 0 Å². The van der Waals surface area contributed by atoms with Gasteiger partial charge < -0.3 is 5.73 Å². The smallest absolute Gasteiger partial charge is 0.0845 e. The average molecular weight is 253 g/mol. The van der Waals surface area contributed by atoms with Crippen molar-refractivity contribution in [1.82, 2.24) is 20.0 Å². The molecule has 0 aliphatic heterocycles. The third kappa shape index (κ3) is 2.32. The van der Waals surface area contributed by atoms with E-state index in [-0.39, 0.29) is 6.04 Å². The Morgan fingerprint density at radius 2 is 2.11 bits per heavy atom. The van der Waals surface area contributed by atoms with Gasteiger partial charge in [0.25, 0.3) is 0 Å². The van der Waals surface area contributed by atoms with Gasteiger partial charge in [-0.1, -0.05) is 23.4 Å². The summed E-state index contributed by atoms with van der Waals surface area (Å²) in [4.78, 5) is 4.35. The predicted molar refractivity (Wildman–Crippen MR) is 73.4 cm³/mol. The first-order chi connectivity index (χ1) is 9.24. The van der Waals surface area contributed by atoms with Crippen molar-refractivity contribution >= 4 is 10.9 Å². The lowest BCUT2D eigenvalue weighted by molar-refractivity contribution is 0.696. The summed E-state index contributed by atoms with van der Waals surface area (Å²) >= 11 is 0. The van der Waals surface area contributed by atoms with E-state index in [2.05, 4.69) is 15.3 Å². The highest BCUT2D eigenvalue weighted by Gasteiger charge is 2.12. The quantitative estimate of drug-likeness (QED) is 0.769. The molecule has 1 aromatic carbocycles. The molecule has 5 nitrogen and oxygen atoms in total. The van der Waals surface area contributed by atoms with Gasteiger partial charge in [0.1, 0.15) is 0 Å². The Morgan fingerprint density at radius 1 is 1.26 bits per heavy atom. The van der Waals surface area contributed by atoms with Gasteiger partial charge in [-0.05, 0) is 17.7 Å². The molecule has 0 spiro atoms. The van der Waals surface area contributed by atoms with E-state index in [0.29, 0.717) is 6.42 Å². The molecule has 5 heteroatoms. The molecule has 0 aliphatic carbocycles. The zero-order valence-electron chi connectivity index (χ0n) is 10.7. The molecule has 96 valence electrons. The van der Waals surface area contributed by atoms with E-state index in [9.17, 15) is 0 Å². The molecule has 2 aromatic heterocycles. The topological polar surface area (TPSA) is 69.6 Å². The molecule has 0 radical (unpaired) electrons. The average Bonchev–Trinajstić information content (AvgIpc) is 2.83. The van der Waals surface area contributed by atoms with Crippen molar-refractivity contribution in [3.05, 3.63) is 54.0 Å². The monoisotopic (exact) mass is 253 g/mol. The Kier molecular flexibility index (Phi) is 2.97. The summed E-state index contributed by atoms with van der Waals surface area (Å²) in [6, 6.07) is 9.89. The summed E-state index contributed by atoms with van der Waals surface area (Å²) in [7, 11) is 1.85. The van der Waals surface area contributed by atoms with Gasteiger partial charge in [0.2, 0.25) is 0 Å². The van der Waals surface area contributed by atoms with Crippen molar-refractivity contribution in [3.63, 3.8) is 0 Å². The van der Waals surface area contributed by atoms with E-state index in [1.165, 1.54) is 0 Å². The molecular weight excluding hydrogens is 238 g/mol. The standard InChI is InChI=1S/C14H15N5/c1-19-9-10(17-18-19)8-13(15)11-6-7-16-14-5-3-2-4-12(11)14/h2-7,9,13H,8,15H2,1H3. The second-order valence-corrected chi connectivity index (χ2v) is 4.61. The molecule has 2 heterocycles. The fourth-order valence-electron chi connectivity index (χ4n) is 2.27. The van der Waals surface area contributed by atoms with Crippen molar-refractivity contribution < 1.29 is 0 Å². The Hall–Kier alpha value is -2.27. The molecule has 0 aliphatic rings. The van der Waals surface area contributed by atoms with Crippen molar-refractivity contribution in [2.24, 2.45) is 12.8 Å². The molecule has 3 aromatic rings. The van der Waals surface area contributed by atoms with E-state index >= 15 is 0 Å². The third-order valence-corrected chi connectivity index (χ3v) is 3.16. The van der Waals surface area contributed by atoms with Crippen molar-refractivity contribution in [3.8, 4) is 0 Å². The molecule has 0 bridgehead atoms. The Morgan fingerprint density at radius 3 is 2.89 bits per heavy atom. The normalized spacial score (nSPS) is 12.7. The molecule has 1 unspecified atom stereocenters. The van der Waals surface area contributed by atoms with Gasteiger partial charge >= 0.3 is 0 Å². The van der Waals surface area contributed by atoms with Crippen LogP contribution < -0.4 is 5.73 Å². The van der Waals surface area contributed by atoms with Crippen LogP contribution in [0.3, 0.4) is 0 Å². The molecular formula is C14H15N5. The van der Waals surface area contributed by atoms with E-state index in [0.717, 1.165) is 22.2 Å². The molecule has 0 fully saturated rings. The summed E-state index contributed by atoms with van der Waals surface area (Å²) in [6.45, 7) is 0. The molecule has 2 N–H and O–H groups in total. The number of aryl methyl sites for hydroxylation is 1. The van der Waals surface area contributed by atoms with Crippen LogP contribution in [0.1, 0.15) is 17.3 Å². The van der Waals surface area contributed by atoms with Crippen LogP contribution in [-0.2, 0) is 13.5 Å². The van der Waals surface area contributed by atoms with Crippen LogP contribution in [0.2, 0.25) is 0 Å². The zero-order valence-corrected chi connectivity index (χ0v) is 10.7. The first kappa shape index (κ1) is 11.8. The summed E-state index contributed by atoms with van der Waals surface area (Å²) in [5.74, 6) is 0. The molecule has 0 saturated carbocycles. The molecule has 0 saturated heterocycles. The zero-order chi connectivity index (χ0) is 13.2. The number of benzene rings is 1. The highest BCUT2D eigenvalue weighted by Crippen LogP contribution is 2.23. The summed E-state index contributed by atoms with van der Waals surface area (Å²) < 4.78 is 1.69. The van der Waals surface area contributed by atoms with Gasteiger partial charge in [-0.15, -0.1) is 5.10 Å². The Labute approximate surface area is 111 Å². The molecule has 3 rings (SSSR count). The van der Waals surface area contributed by atoms with Gasteiger partial charge in [0.15, 0.2) is 0 Å². The molecule has 19 heavy (non-hydrogen) atoms. The van der Waals surface area contributed by atoms with E-state index in [1.807, 2.05) is 43.6 Å². The number of pyridine rings is 1. The van der Waals surface area contributed by atoms with Gasteiger partial charge in [0, 0.05) is 37.3 Å². The van der Waals surface area contributed by atoms with Crippen molar-refractivity contribution in [2.75, 3.05) is 0 Å². The van der Waals surface area contributed by atoms with Crippen LogP contribution in [0.4, 0.5) is 0 Å². The maximum atomic E-state index is 6.30. The van der Waals surface area contributed by atoms with Gasteiger partial charge in [-0.3, -0.25) is 9.67 Å². The Balaban J connectivity index is 1.95. The highest BCUT2D eigenvalue weighted by atomic mass is 15.4. The Bertz CT molecular complexity index is 698. The second-order valence-electron chi connectivity index (χ2n) is 4.61. The van der Waals surface area contributed by atoms with Gasteiger partial charge in [-0.2, -0.15) is 0 Å². The number of fused-ring (bicyclic) bond motifs is 1. The first-order valence-corrected chi connectivity index (χ1v) is 6.18.